The van der Waals surface area contributed by atoms with Crippen molar-refractivity contribution in [1.29, 1.82) is 0 Å². The molecule has 0 radical (unpaired) electrons. The van der Waals surface area contributed by atoms with Crippen LogP contribution < -0.4 is 5.32 Å². The van der Waals surface area contributed by atoms with E-state index in [1.807, 2.05) is 19.0 Å². The van der Waals surface area contributed by atoms with Gasteiger partial charge in [0.25, 0.3) is 0 Å². The van der Waals surface area contributed by atoms with Crippen LogP contribution in [0.1, 0.15) is 36.6 Å². The quantitative estimate of drug-likeness (QED) is 0.559. The molecule has 1 amide bonds. The number of carbonyl (C=O) groups excluding carboxylic acids is 1. The molecule has 1 aliphatic rings. The lowest BCUT2D eigenvalue weighted by molar-refractivity contribution is -0.137. The summed E-state index contributed by atoms with van der Waals surface area (Å²) in [6.45, 7) is 4.90. The SMILES string of the molecule is CCc1cc(C(=NC)N2CCN(C(=O)CCCC(=O)O)CC2)c(NC)s1. The highest BCUT2D eigenvalue weighted by Crippen LogP contribution is 2.30. The third kappa shape index (κ3) is 4.97. The van der Waals surface area contributed by atoms with Crippen molar-refractivity contribution in [3.63, 3.8) is 0 Å². The van der Waals surface area contributed by atoms with Gasteiger partial charge in [-0.25, -0.2) is 0 Å². The Morgan fingerprint density at radius 3 is 2.42 bits per heavy atom. The number of hydrogen-bond donors (Lipinski definition) is 2. The van der Waals surface area contributed by atoms with E-state index in [2.05, 4.69) is 28.2 Å². The van der Waals surface area contributed by atoms with Crippen LogP contribution in [0.25, 0.3) is 0 Å². The summed E-state index contributed by atoms with van der Waals surface area (Å²) < 4.78 is 0. The third-order valence-electron chi connectivity index (χ3n) is 4.52. The molecule has 2 N–H and O–H groups in total. The molecule has 0 atom stereocenters. The van der Waals surface area contributed by atoms with Crippen molar-refractivity contribution in [2.45, 2.75) is 32.6 Å². The van der Waals surface area contributed by atoms with Crippen LogP contribution >= 0.6 is 11.3 Å². The highest BCUT2D eigenvalue weighted by molar-refractivity contribution is 7.16. The van der Waals surface area contributed by atoms with Gasteiger partial charge in [0, 0.05) is 58.0 Å². The summed E-state index contributed by atoms with van der Waals surface area (Å²) in [5.41, 5.74) is 1.12. The van der Waals surface area contributed by atoms with Crippen LogP contribution in [-0.2, 0) is 16.0 Å². The van der Waals surface area contributed by atoms with E-state index >= 15 is 0 Å². The van der Waals surface area contributed by atoms with Gasteiger partial charge in [0.2, 0.25) is 5.91 Å². The molecule has 26 heavy (non-hydrogen) atoms. The summed E-state index contributed by atoms with van der Waals surface area (Å²) in [4.78, 5) is 32.7. The maximum atomic E-state index is 12.2. The van der Waals surface area contributed by atoms with Gasteiger partial charge in [-0.3, -0.25) is 14.6 Å². The fourth-order valence-electron chi connectivity index (χ4n) is 3.12. The van der Waals surface area contributed by atoms with Crippen molar-refractivity contribution >= 4 is 34.0 Å². The van der Waals surface area contributed by atoms with E-state index in [4.69, 9.17) is 5.11 Å². The van der Waals surface area contributed by atoms with Crippen molar-refractivity contribution < 1.29 is 14.7 Å². The molecule has 1 fully saturated rings. The van der Waals surface area contributed by atoms with Gasteiger partial charge in [0.1, 0.15) is 5.84 Å². The second-order valence-electron chi connectivity index (χ2n) is 6.22. The van der Waals surface area contributed by atoms with E-state index < -0.39 is 5.97 Å². The average molecular weight is 381 g/mol. The van der Waals surface area contributed by atoms with E-state index in [1.165, 1.54) is 4.88 Å². The first-order valence-corrected chi connectivity index (χ1v) is 9.83. The normalized spacial score (nSPS) is 15.3. The zero-order valence-corrected chi connectivity index (χ0v) is 16.6. The number of aliphatic carboxylic acids is 1. The summed E-state index contributed by atoms with van der Waals surface area (Å²) in [5.74, 6) is 0.151. The molecule has 2 rings (SSSR count). The summed E-state index contributed by atoms with van der Waals surface area (Å²) in [6.07, 6.45) is 1.74. The largest absolute Gasteiger partial charge is 0.481 e. The maximum absolute atomic E-state index is 12.2. The van der Waals surface area contributed by atoms with Crippen molar-refractivity contribution in [1.82, 2.24) is 9.80 Å². The molecule has 0 spiro atoms. The molecule has 0 aliphatic carbocycles. The van der Waals surface area contributed by atoms with E-state index in [0.717, 1.165) is 35.9 Å². The number of aryl methyl sites for hydroxylation is 1. The number of aliphatic imine (C=N–C) groups is 1. The Labute approximate surface area is 158 Å². The lowest BCUT2D eigenvalue weighted by Crippen LogP contribution is -2.50. The Hall–Kier alpha value is -2.09. The second kappa shape index (κ2) is 9.56. The number of rotatable bonds is 7. The minimum absolute atomic E-state index is 0.0422. The number of carboxylic acids is 1. The van der Waals surface area contributed by atoms with E-state index in [0.29, 0.717) is 25.9 Å². The first-order chi connectivity index (χ1) is 12.5. The average Bonchev–Trinajstić information content (AvgIpc) is 3.06. The molecule has 1 saturated heterocycles. The minimum Gasteiger partial charge on any atom is -0.481 e. The van der Waals surface area contributed by atoms with Gasteiger partial charge in [-0.1, -0.05) is 6.92 Å². The van der Waals surface area contributed by atoms with Crippen LogP contribution in [0.15, 0.2) is 11.1 Å². The molecular formula is C18H28N4O3S. The predicted molar refractivity (Wildman–Crippen MR) is 105 cm³/mol. The van der Waals surface area contributed by atoms with Crippen LogP contribution in [0.2, 0.25) is 0 Å². The summed E-state index contributed by atoms with van der Waals surface area (Å²) >= 11 is 1.75. The number of thiophene rings is 1. The second-order valence-corrected chi connectivity index (χ2v) is 7.36. The first-order valence-electron chi connectivity index (χ1n) is 9.02. The van der Waals surface area contributed by atoms with Gasteiger partial charge in [-0.2, -0.15) is 0 Å². The maximum Gasteiger partial charge on any atom is 0.303 e. The van der Waals surface area contributed by atoms with Gasteiger partial charge < -0.3 is 20.2 Å². The Kier molecular flexibility index (Phi) is 7.44. The van der Waals surface area contributed by atoms with Crippen molar-refractivity contribution in [3.05, 3.63) is 16.5 Å². The molecule has 2 heterocycles. The Morgan fingerprint density at radius 2 is 1.88 bits per heavy atom. The van der Waals surface area contributed by atoms with E-state index in [-0.39, 0.29) is 12.3 Å². The van der Waals surface area contributed by atoms with Crippen LogP contribution in [0.5, 0.6) is 0 Å². The van der Waals surface area contributed by atoms with Gasteiger partial charge >= 0.3 is 5.97 Å². The number of carboxylic acid groups (broad SMARTS) is 1. The fraction of sp³-hybridized carbons (Fsp3) is 0.611. The number of hydrogen-bond acceptors (Lipinski definition) is 5. The predicted octanol–water partition coefficient (Wildman–Crippen LogP) is 2.13. The minimum atomic E-state index is -0.853. The topological polar surface area (TPSA) is 85.2 Å². The molecule has 8 heteroatoms. The number of nitrogens with one attached hydrogen (secondary N) is 1. The van der Waals surface area contributed by atoms with Gasteiger partial charge in [0.05, 0.1) is 10.6 Å². The smallest absolute Gasteiger partial charge is 0.303 e. The Bertz CT molecular complexity index is 663. The summed E-state index contributed by atoms with van der Waals surface area (Å²) in [7, 11) is 3.73. The fourth-order valence-corrected chi connectivity index (χ4v) is 4.06. The van der Waals surface area contributed by atoms with Gasteiger partial charge in [-0.05, 0) is 18.9 Å². The van der Waals surface area contributed by atoms with Crippen molar-refractivity contribution in [3.8, 4) is 0 Å². The lowest BCUT2D eigenvalue weighted by Gasteiger charge is -2.36. The van der Waals surface area contributed by atoms with Crippen molar-refractivity contribution in [2.24, 2.45) is 4.99 Å². The molecule has 7 nitrogen and oxygen atoms in total. The molecule has 1 aromatic heterocycles. The third-order valence-corrected chi connectivity index (χ3v) is 5.82. The number of piperazine rings is 1. The zero-order valence-electron chi connectivity index (χ0n) is 15.7. The molecule has 1 aliphatic heterocycles. The Morgan fingerprint density at radius 1 is 1.23 bits per heavy atom. The van der Waals surface area contributed by atoms with Crippen LogP contribution in [0.3, 0.4) is 0 Å². The Balaban J connectivity index is 1.96. The monoisotopic (exact) mass is 380 g/mol. The van der Waals surface area contributed by atoms with Gasteiger partial charge in [0.15, 0.2) is 0 Å². The lowest BCUT2D eigenvalue weighted by atomic mass is 10.1. The van der Waals surface area contributed by atoms with E-state index in [9.17, 15) is 9.59 Å². The number of amidine groups is 1. The summed E-state index contributed by atoms with van der Waals surface area (Å²) in [6, 6.07) is 2.20. The van der Waals surface area contributed by atoms with Crippen LogP contribution in [-0.4, -0.2) is 72.9 Å². The molecular weight excluding hydrogens is 352 g/mol. The zero-order chi connectivity index (χ0) is 19.1. The molecule has 1 aromatic rings. The van der Waals surface area contributed by atoms with Crippen molar-refractivity contribution in [2.75, 3.05) is 45.6 Å². The molecule has 144 valence electrons. The number of amides is 1. The van der Waals surface area contributed by atoms with Gasteiger partial charge in [-0.15, -0.1) is 11.3 Å². The molecule has 0 unspecified atom stereocenters. The summed E-state index contributed by atoms with van der Waals surface area (Å²) in [5, 5.41) is 13.1. The molecule has 0 bridgehead atoms. The number of carbonyl (C=O) groups is 2. The van der Waals surface area contributed by atoms with Crippen LogP contribution in [0, 0.1) is 0 Å². The standard InChI is InChI=1S/C18H28N4O3S/c1-4-13-12-14(18(20-3)26-13)17(19-2)22-10-8-21(9-11-22)15(23)6-5-7-16(24)25/h12,20H,4-11H2,1-3H3,(H,24,25). The highest BCUT2D eigenvalue weighted by Gasteiger charge is 2.25. The number of nitrogens with zero attached hydrogens (tertiary/aromatic N) is 3. The molecule has 0 aromatic carbocycles. The van der Waals surface area contributed by atoms with E-state index in [1.54, 1.807) is 11.3 Å². The molecule has 0 saturated carbocycles. The first kappa shape index (κ1) is 20.2. The number of anilines is 1. The van der Waals surface area contributed by atoms with Crippen LogP contribution in [0.4, 0.5) is 5.00 Å². The highest BCUT2D eigenvalue weighted by atomic mass is 32.1.